The first-order valence-electron chi connectivity index (χ1n) is 12.1. The number of nitroso groups, excluding NO2 is 1. The van der Waals surface area contributed by atoms with E-state index in [0.717, 1.165) is 0 Å². The summed E-state index contributed by atoms with van der Waals surface area (Å²) in [6, 6.07) is 4.64. The molecule has 1 unspecified atom stereocenters. The van der Waals surface area contributed by atoms with E-state index in [9.17, 15) is 19.3 Å². The van der Waals surface area contributed by atoms with E-state index in [2.05, 4.69) is 21.1 Å². The molecule has 1 aliphatic rings. The van der Waals surface area contributed by atoms with Gasteiger partial charge < -0.3 is 25.4 Å². The molecular formula is C25H38N4O6. The zero-order chi connectivity index (χ0) is 25.8. The summed E-state index contributed by atoms with van der Waals surface area (Å²) in [4.78, 5) is 48.5. The Labute approximate surface area is 206 Å². The van der Waals surface area contributed by atoms with Crippen LogP contribution < -0.4 is 20.7 Å². The molecule has 0 aliphatic carbocycles. The summed E-state index contributed by atoms with van der Waals surface area (Å²) in [5, 5.41) is 11.9. The summed E-state index contributed by atoms with van der Waals surface area (Å²) in [6.45, 7) is 7.37. The third-order valence-corrected chi connectivity index (χ3v) is 5.87. The maximum absolute atomic E-state index is 13.0. The van der Waals surface area contributed by atoms with Crippen molar-refractivity contribution in [3.05, 3.63) is 28.7 Å². The molecule has 0 spiro atoms. The molecule has 3 atom stereocenters. The monoisotopic (exact) mass is 490 g/mol. The molecule has 1 aromatic rings. The van der Waals surface area contributed by atoms with Crippen LogP contribution in [-0.2, 0) is 14.3 Å². The maximum Gasteiger partial charge on any atom is 0.228 e. The molecule has 35 heavy (non-hydrogen) atoms. The normalized spacial score (nSPS) is 18.5. The number of nitrogens with zero attached hydrogens (tertiary/aromatic N) is 1. The van der Waals surface area contributed by atoms with E-state index in [1.807, 2.05) is 13.8 Å². The molecule has 1 saturated heterocycles. The molecule has 0 aromatic heterocycles. The van der Waals surface area contributed by atoms with Gasteiger partial charge in [0.2, 0.25) is 11.8 Å². The number of carbonyl (C=O) groups excluding carboxylic acids is 3. The van der Waals surface area contributed by atoms with Crippen LogP contribution in [0.25, 0.3) is 0 Å². The van der Waals surface area contributed by atoms with Gasteiger partial charge in [-0.2, -0.15) is 4.91 Å². The largest absolute Gasteiger partial charge is 0.493 e. The number of carbonyl (C=O) groups is 3. The molecule has 1 fully saturated rings. The highest BCUT2D eigenvalue weighted by Gasteiger charge is 2.32. The van der Waals surface area contributed by atoms with Crippen molar-refractivity contribution in [2.45, 2.75) is 46.1 Å². The van der Waals surface area contributed by atoms with Crippen LogP contribution in [0.1, 0.15) is 50.4 Å². The lowest BCUT2D eigenvalue weighted by Gasteiger charge is -2.30. The molecule has 2 amide bonds. The predicted molar refractivity (Wildman–Crippen MR) is 134 cm³/mol. The van der Waals surface area contributed by atoms with Gasteiger partial charge in [-0.05, 0) is 37.8 Å². The van der Waals surface area contributed by atoms with Gasteiger partial charge in [0.05, 0.1) is 30.0 Å². The summed E-state index contributed by atoms with van der Waals surface area (Å²) in [7, 11) is 1.61. The quantitative estimate of drug-likeness (QED) is 0.207. The van der Waals surface area contributed by atoms with Crippen molar-refractivity contribution in [3.8, 4) is 5.75 Å². The average Bonchev–Trinajstić information content (AvgIpc) is 2.81. The van der Waals surface area contributed by atoms with Gasteiger partial charge in [0, 0.05) is 45.0 Å². The van der Waals surface area contributed by atoms with Crippen molar-refractivity contribution in [2.24, 2.45) is 22.9 Å². The molecule has 1 aliphatic heterocycles. The molecule has 0 radical (unpaired) electrons. The van der Waals surface area contributed by atoms with Crippen LogP contribution in [0.5, 0.6) is 5.75 Å². The summed E-state index contributed by atoms with van der Waals surface area (Å²) >= 11 is 0. The third kappa shape index (κ3) is 9.37. The van der Waals surface area contributed by atoms with Crippen LogP contribution in [0, 0.1) is 22.7 Å². The van der Waals surface area contributed by atoms with Gasteiger partial charge in [-0.25, -0.2) is 0 Å². The second-order valence-electron chi connectivity index (χ2n) is 9.39. The molecule has 0 bridgehead atoms. The van der Waals surface area contributed by atoms with Gasteiger partial charge in [-0.3, -0.25) is 14.4 Å². The van der Waals surface area contributed by atoms with Crippen molar-refractivity contribution in [1.82, 2.24) is 10.6 Å². The standard InChI is InChI=1S/C25H38N4O6/c1-16(2)10-21(15-27-33)29-25(32)19-11-18(13-26-14-19)24(31)28-20-6-7-22(17(3)30)23(12-20)35-9-5-8-34-4/h6-7,12,16,18-19,21,26H,5,8-11,13-15H2,1-4H3,(H,28,31)(H,29,32)/t18-,19+,21?/m1/s1. The first kappa shape index (κ1) is 28.4. The van der Waals surface area contributed by atoms with E-state index in [4.69, 9.17) is 9.47 Å². The topological polar surface area (TPSA) is 135 Å². The highest BCUT2D eigenvalue weighted by Crippen LogP contribution is 2.26. The number of hydrogen-bond donors (Lipinski definition) is 3. The first-order chi connectivity index (χ1) is 16.7. The van der Waals surface area contributed by atoms with E-state index < -0.39 is 5.92 Å². The lowest BCUT2D eigenvalue weighted by Crippen LogP contribution is -2.49. The fourth-order valence-corrected chi connectivity index (χ4v) is 4.14. The van der Waals surface area contributed by atoms with E-state index in [1.54, 1.807) is 25.3 Å². The third-order valence-electron chi connectivity index (χ3n) is 5.87. The van der Waals surface area contributed by atoms with Crippen LogP contribution in [-0.4, -0.2) is 63.6 Å². The van der Waals surface area contributed by atoms with Crippen LogP contribution in [0.2, 0.25) is 0 Å². The lowest BCUT2D eigenvalue weighted by atomic mass is 9.88. The Balaban J connectivity index is 2.00. The van der Waals surface area contributed by atoms with Crippen LogP contribution in [0.4, 0.5) is 5.69 Å². The van der Waals surface area contributed by atoms with Gasteiger partial charge in [-0.15, -0.1) is 0 Å². The highest BCUT2D eigenvalue weighted by molar-refractivity contribution is 5.99. The average molecular weight is 491 g/mol. The van der Waals surface area contributed by atoms with Crippen molar-refractivity contribution >= 4 is 23.3 Å². The van der Waals surface area contributed by atoms with Gasteiger partial charge in [0.15, 0.2) is 5.78 Å². The van der Waals surface area contributed by atoms with Crippen molar-refractivity contribution in [2.75, 3.05) is 45.3 Å². The number of methoxy groups -OCH3 is 1. The molecule has 10 nitrogen and oxygen atoms in total. The molecule has 0 saturated carbocycles. The zero-order valence-corrected chi connectivity index (χ0v) is 21.1. The Morgan fingerprint density at radius 1 is 1.14 bits per heavy atom. The molecule has 3 N–H and O–H groups in total. The maximum atomic E-state index is 13.0. The van der Waals surface area contributed by atoms with Crippen molar-refractivity contribution in [3.63, 3.8) is 0 Å². The number of rotatable bonds is 14. The zero-order valence-electron chi connectivity index (χ0n) is 21.1. The van der Waals surface area contributed by atoms with E-state index in [-0.39, 0.29) is 36.1 Å². The summed E-state index contributed by atoms with van der Waals surface area (Å²) in [5.74, 6) is -0.605. The summed E-state index contributed by atoms with van der Waals surface area (Å²) in [5.41, 5.74) is 0.958. The molecular weight excluding hydrogens is 452 g/mol. The van der Waals surface area contributed by atoms with Crippen molar-refractivity contribution < 1.29 is 23.9 Å². The SMILES string of the molecule is COCCCOc1cc(NC(=O)[C@H]2CNC[C@@H](C(=O)NC(CN=O)CC(C)C)C2)ccc1C(C)=O. The minimum absolute atomic E-state index is 0.0279. The smallest absolute Gasteiger partial charge is 0.228 e. The van der Waals surface area contributed by atoms with Crippen molar-refractivity contribution in [1.29, 1.82) is 0 Å². The van der Waals surface area contributed by atoms with Crippen LogP contribution >= 0.6 is 0 Å². The number of ketones is 1. The second-order valence-corrected chi connectivity index (χ2v) is 9.39. The molecule has 1 aromatic carbocycles. The molecule has 10 heteroatoms. The fourth-order valence-electron chi connectivity index (χ4n) is 4.14. The highest BCUT2D eigenvalue weighted by atomic mass is 16.5. The number of hydrogen-bond acceptors (Lipinski definition) is 8. The summed E-state index contributed by atoms with van der Waals surface area (Å²) < 4.78 is 10.8. The summed E-state index contributed by atoms with van der Waals surface area (Å²) in [6.07, 6.45) is 1.72. The Kier molecular flexibility index (Phi) is 11.8. The minimum atomic E-state index is -0.411. The fraction of sp³-hybridized carbons (Fsp3) is 0.640. The predicted octanol–water partition coefficient (Wildman–Crippen LogP) is 2.77. The molecule has 194 valence electrons. The van der Waals surface area contributed by atoms with E-state index in [1.165, 1.54) is 6.92 Å². The first-order valence-corrected chi connectivity index (χ1v) is 12.1. The Hall–Kier alpha value is -2.85. The van der Waals surface area contributed by atoms with Gasteiger partial charge >= 0.3 is 0 Å². The second kappa shape index (κ2) is 14.5. The Bertz CT molecular complexity index is 876. The van der Waals surface area contributed by atoms with Crippen LogP contribution in [0.3, 0.4) is 0 Å². The molecule has 1 heterocycles. The van der Waals surface area contributed by atoms with Crippen LogP contribution in [0.15, 0.2) is 23.4 Å². The number of piperidine rings is 1. The van der Waals surface area contributed by atoms with Gasteiger partial charge in [-0.1, -0.05) is 19.0 Å². The number of Topliss-reactive ketones (excluding diaryl/α,β-unsaturated/α-hetero) is 1. The minimum Gasteiger partial charge on any atom is -0.493 e. The number of nitrogens with one attached hydrogen (secondary N) is 3. The van der Waals surface area contributed by atoms with E-state index in [0.29, 0.717) is 68.5 Å². The number of benzene rings is 1. The Morgan fingerprint density at radius 2 is 1.86 bits per heavy atom. The number of amides is 2. The Morgan fingerprint density at radius 3 is 2.49 bits per heavy atom. The number of ether oxygens (including phenoxy) is 2. The van der Waals surface area contributed by atoms with Gasteiger partial charge in [0.25, 0.3) is 0 Å². The lowest BCUT2D eigenvalue weighted by molar-refractivity contribution is -0.128. The number of anilines is 1. The van der Waals surface area contributed by atoms with E-state index >= 15 is 0 Å². The van der Waals surface area contributed by atoms with Gasteiger partial charge in [0.1, 0.15) is 12.3 Å². The molecule has 2 rings (SSSR count).